The third-order valence-electron chi connectivity index (χ3n) is 3.96. The third-order valence-corrected chi connectivity index (χ3v) is 4.46. The van der Waals surface area contributed by atoms with Gasteiger partial charge in [-0.25, -0.2) is 4.39 Å². The second-order valence-corrected chi connectivity index (χ2v) is 6.82. The molecule has 144 valence electrons. The molecule has 7 nitrogen and oxygen atoms in total. The molecule has 0 spiro atoms. The van der Waals surface area contributed by atoms with Crippen molar-refractivity contribution in [2.75, 3.05) is 5.32 Å². The lowest BCUT2D eigenvalue weighted by Crippen LogP contribution is -2.20. The molecule has 0 unspecified atom stereocenters. The lowest BCUT2D eigenvalue weighted by Gasteiger charge is -2.11. The van der Waals surface area contributed by atoms with Crippen LogP contribution in [0, 0.1) is 5.82 Å². The van der Waals surface area contributed by atoms with E-state index in [0.29, 0.717) is 21.6 Å². The van der Waals surface area contributed by atoms with Gasteiger partial charge in [-0.2, -0.15) is 4.68 Å². The summed E-state index contributed by atoms with van der Waals surface area (Å²) in [4.78, 5) is 13.0. The number of nitrogens with one attached hydrogen (secondary N) is 1. The summed E-state index contributed by atoms with van der Waals surface area (Å²) in [7, 11) is 0. The van der Waals surface area contributed by atoms with Gasteiger partial charge < -0.3 is 9.73 Å². The number of amides is 1. The molecular formula is C20H13BrFN5O2. The number of nitrogens with zero attached hydrogens (tertiary/aromatic N) is 4. The van der Waals surface area contributed by atoms with Crippen molar-refractivity contribution >= 4 is 39.3 Å². The molecule has 4 rings (SSSR count). The first-order chi connectivity index (χ1) is 14.1. The maximum atomic E-state index is 14.2. The van der Waals surface area contributed by atoms with Gasteiger partial charge in [0.15, 0.2) is 5.82 Å². The van der Waals surface area contributed by atoms with E-state index < -0.39 is 11.7 Å². The number of hydrogen-bond acceptors (Lipinski definition) is 5. The van der Waals surface area contributed by atoms with Crippen LogP contribution in [-0.4, -0.2) is 26.1 Å². The minimum Gasteiger partial charge on any atom is -0.465 e. The molecule has 0 bridgehead atoms. The molecular weight excluding hydrogens is 441 g/mol. The molecule has 29 heavy (non-hydrogen) atoms. The number of halogens is 2. The van der Waals surface area contributed by atoms with Crippen LogP contribution in [-0.2, 0) is 4.79 Å². The smallest absolute Gasteiger partial charge is 0.274 e. The minimum atomic E-state index is -0.605. The van der Waals surface area contributed by atoms with Crippen LogP contribution in [0.1, 0.15) is 5.76 Å². The van der Waals surface area contributed by atoms with E-state index in [0.717, 1.165) is 0 Å². The monoisotopic (exact) mass is 453 g/mol. The average Bonchev–Trinajstić information content (AvgIpc) is 3.40. The zero-order chi connectivity index (χ0) is 20.2. The molecule has 4 aromatic rings. The Morgan fingerprint density at radius 3 is 2.69 bits per heavy atom. The van der Waals surface area contributed by atoms with Gasteiger partial charge in [0.1, 0.15) is 17.3 Å². The van der Waals surface area contributed by atoms with Crippen LogP contribution >= 0.6 is 15.9 Å². The van der Waals surface area contributed by atoms with Crippen LogP contribution in [0.15, 0.2) is 75.8 Å². The molecule has 2 heterocycles. The van der Waals surface area contributed by atoms with E-state index >= 15 is 0 Å². The second-order valence-electron chi connectivity index (χ2n) is 5.90. The maximum Gasteiger partial charge on any atom is 0.274 e. The predicted molar refractivity (Wildman–Crippen MR) is 109 cm³/mol. The van der Waals surface area contributed by atoms with Gasteiger partial charge in [0, 0.05) is 16.1 Å². The van der Waals surface area contributed by atoms with E-state index in [1.165, 1.54) is 29.2 Å². The van der Waals surface area contributed by atoms with E-state index in [1.807, 2.05) is 30.3 Å². The Morgan fingerprint density at radius 2 is 1.97 bits per heavy atom. The summed E-state index contributed by atoms with van der Waals surface area (Å²) in [5.41, 5.74) is 0.800. The summed E-state index contributed by atoms with van der Waals surface area (Å²) in [6.07, 6.45) is 2.96. The summed E-state index contributed by atoms with van der Waals surface area (Å²) < 4.78 is 21.4. The number of hydrogen-bond donors (Lipinski definition) is 1. The molecule has 0 radical (unpaired) electrons. The van der Waals surface area contributed by atoms with Crippen LogP contribution in [0.25, 0.3) is 23.2 Å². The van der Waals surface area contributed by atoms with Crippen molar-refractivity contribution in [2.45, 2.75) is 0 Å². The molecule has 1 N–H and O–H groups in total. The topological polar surface area (TPSA) is 85.8 Å². The van der Waals surface area contributed by atoms with Gasteiger partial charge in [-0.3, -0.25) is 4.79 Å². The summed E-state index contributed by atoms with van der Waals surface area (Å²) >= 11 is 3.19. The lowest BCUT2D eigenvalue weighted by molar-refractivity contribution is -0.111. The van der Waals surface area contributed by atoms with Crippen molar-refractivity contribution in [1.29, 1.82) is 0 Å². The maximum absolute atomic E-state index is 14.2. The summed E-state index contributed by atoms with van der Waals surface area (Å²) in [6.45, 7) is 0. The first-order valence-electron chi connectivity index (χ1n) is 8.47. The van der Waals surface area contributed by atoms with Crippen molar-refractivity contribution in [2.24, 2.45) is 0 Å². The third kappa shape index (κ3) is 4.14. The van der Waals surface area contributed by atoms with E-state index in [-0.39, 0.29) is 11.4 Å². The molecule has 0 fully saturated rings. The number of rotatable bonds is 5. The molecule has 0 aliphatic heterocycles. The number of carbonyl (C=O) groups is 1. The quantitative estimate of drug-likeness (QED) is 0.450. The average molecular weight is 454 g/mol. The zero-order valence-corrected chi connectivity index (χ0v) is 16.4. The number of anilines is 1. The number of carbonyl (C=O) groups excluding carboxylic acids is 1. The standard InChI is InChI=1S/C20H13BrFN5O2/c21-14-8-9-17(16(22)11-14)23-20(28)18(12-15-7-4-10-29-15)27-19(24-25-26-27)13-5-2-1-3-6-13/h1-12H,(H,23,28). The Bertz CT molecular complexity index is 1170. The highest BCUT2D eigenvalue weighted by atomic mass is 79.9. The van der Waals surface area contributed by atoms with E-state index in [9.17, 15) is 9.18 Å². The van der Waals surface area contributed by atoms with Crippen molar-refractivity contribution in [1.82, 2.24) is 20.2 Å². The molecule has 0 atom stereocenters. The highest BCUT2D eigenvalue weighted by Crippen LogP contribution is 2.24. The van der Waals surface area contributed by atoms with Crippen LogP contribution in [0.2, 0.25) is 0 Å². The molecule has 0 aliphatic rings. The summed E-state index contributed by atoms with van der Waals surface area (Å²) in [5, 5.41) is 14.2. The van der Waals surface area contributed by atoms with Crippen molar-refractivity contribution in [3.63, 3.8) is 0 Å². The van der Waals surface area contributed by atoms with Crippen LogP contribution in [0.4, 0.5) is 10.1 Å². The lowest BCUT2D eigenvalue weighted by atomic mass is 10.2. The number of aromatic nitrogens is 4. The number of benzene rings is 2. The minimum absolute atomic E-state index is 0.0258. The fraction of sp³-hybridized carbons (Fsp3) is 0. The summed E-state index contributed by atoms with van der Waals surface area (Å²) in [5.74, 6) is -0.409. The molecule has 0 saturated carbocycles. The SMILES string of the molecule is O=C(Nc1ccc(Br)cc1F)C(=Cc1ccco1)n1nnnc1-c1ccccc1. The Hall–Kier alpha value is -3.59. The van der Waals surface area contributed by atoms with Gasteiger partial charge in [-0.15, -0.1) is 5.10 Å². The van der Waals surface area contributed by atoms with E-state index in [4.69, 9.17) is 4.42 Å². The predicted octanol–water partition coefficient (Wildman–Crippen LogP) is 4.47. The van der Waals surface area contributed by atoms with Crippen LogP contribution in [0.5, 0.6) is 0 Å². The fourth-order valence-electron chi connectivity index (χ4n) is 2.62. The van der Waals surface area contributed by atoms with Gasteiger partial charge in [0.25, 0.3) is 5.91 Å². The number of tetrazole rings is 1. The van der Waals surface area contributed by atoms with E-state index in [1.54, 1.807) is 18.2 Å². The molecule has 2 aromatic heterocycles. The first-order valence-corrected chi connectivity index (χ1v) is 9.27. The van der Waals surface area contributed by atoms with Crippen molar-refractivity contribution in [3.05, 3.63) is 83.0 Å². The fourth-order valence-corrected chi connectivity index (χ4v) is 2.96. The van der Waals surface area contributed by atoms with Crippen LogP contribution in [0.3, 0.4) is 0 Å². The van der Waals surface area contributed by atoms with Gasteiger partial charge >= 0.3 is 0 Å². The number of furan rings is 1. The largest absolute Gasteiger partial charge is 0.465 e. The Balaban J connectivity index is 1.76. The molecule has 1 amide bonds. The van der Waals surface area contributed by atoms with Gasteiger partial charge in [-0.1, -0.05) is 46.3 Å². The van der Waals surface area contributed by atoms with Gasteiger partial charge in [-0.05, 0) is 40.8 Å². The first kappa shape index (κ1) is 18.8. The highest BCUT2D eigenvalue weighted by Gasteiger charge is 2.21. The Kier molecular flexibility index (Phi) is 5.30. The van der Waals surface area contributed by atoms with Crippen LogP contribution < -0.4 is 5.32 Å². The molecule has 0 saturated heterocycles. The van der Waals surface area contributed by atoms with E-state index in [2.05, 4.69) is 36.8 Å². The molecule has 9 heteroatoms. The van der Waals surface area contributed by atoms with Crippen molar-refractivity contribution in [3.8, 4) is 11.4 Å². The molecule has 2 aromatic carbocycles. The van der Waals surface area contributed by atoms with Crippen molar-refractivity contribution < 1.29 is 13.6 Å². The Labute approximate surface area is 173 Å². The summed E-state index contributed by atoms with van der Waals surface area (Å²) in [6, 6.07) is 16.9. The second kappa shape index (κ2) is 8.19. The normalized spacial score (nSPS) is 11.4. The Morgan fingerprint density at radius 1 is 1.14 bits per heavy atom. The zero-order valence-electron chi connectivity index (χ0n) is 14.8. The highest BCUT2D eigenvalue weighted by molar-refractivity contribution is 9.10. The van der Waals surface area contributed by atoms with Gasteiger partial charge in [0.2, 0.25) is 0 Å². The molecule has 0 aliphatic carbocycles. The van der Waals surface area contributed by atoms with Gasteiger partial charge in [0.05, 0.1) is 12.0 Å².